The van der Waals surface area contributed by atoms with Gasteiger partial charge in [0, 0.05) is 37.1 Å². The van der Waals surface area contributed by atoms with Crippen molar-refractivity contribution in [3.05, 3.63) is 52.9 Å². The quantitative estimate of drug-likeness (QED) is 0.535. The number of benzene rings is 1. The van der Waals surface area contributed by atoms with E-state index in [4.69, 9.17) is 4.42 Å². The molecular weight excluding hydrogens is 322 g/mol. The molecule has 0 unspecified atom stereocenters. The van der Waals surface area contributed by atoms with Gasteiger partial charge in [0.1, 0.15) is 5.52 Å². The Kier molecular flexibility index (Phi) is 3.96. The van der Waals surface area contributed by atoms with Crippen LogP contribution < -0.4 is 0 Å². The van der Waals surface area contributed by atoms with Crippen molar-refractivity contribution in [2.24, 2.45) is 5.92 Å². The number of non-ortho nitro benzene ring substituents is 1. The summed E-state index contributed by atoms with van der Waals surface area (Å²) >= 11 is 0. The molecule has 0 radical (unpaired) electrons. The smallest absolute Gasteiger partial charge is 0.271 e. The molecule has 1 aliphatic rings. The number of fused-ring (bicyclic) bond motifs is 1. The zero-order valence-corrected chi connectivity index (χ0v) is 13.9. The molecule has 8 nitrogen and oxygen atoms in total. The van der Waals surface area contributed by atoms with Crippen molar-refractivity contribution in [2.75, 3.05) is 13.1 Å². The molecule has 1 aromatic carbocycles. The summed E-state index contributed by atoms with van der Waals surface area (Å²) in [6, 6.07) is 4.88. The molecule has 0 spiro atoms. The molecule has 3 aromatic rings. The number of nitro groups is 1. The zero-order chi connectivity index (χ0) is 17.4. The van der Waals surface area contributed by atoms with E-state index in [1.54, 1.807) is 12.3 Å². The highest BCUT2D eigenvalue weighted by molar-refractivity contribution is 5.75. The third-order valence-electron chi connectivity index (χ3n) is 4.90. The lowest BCUT2D eigenvalue weighted by molar-refractivity contribution is -0.384. The molecule has 0 saturated carbocycles. The predicted octanol–water partition coefficient (Wildman–Crippen LogP) is 3.02. The molecule has 2 atom stereocenters. The number of piperidine rings is 1. The maximum atomic E-state index is 10.9. The minimum atomic E-state index is -0.421. The molecule has 0 N–H and O–H groups in total. The second-order valence-electron chi connectivity index (χ2n) is 6.60. The number of rotatable bonds is 4. The number of likely N-dealkylation sites (tertiary alicyclic amines) is 1. The minimum Gasteiger partial charge on any atom is -0.439 e. The molecule has 1 fully saturated rings. The highest BCUT2D eigenvalue weighted by atomic mass is 16.6. The van der Waals surface area contributed by atoms with Crippen LogP contribution in [0.4, 0.5) is 5.69 Å². The molecule has 1 aliphatic heterocycles. The van der Waals surface area contributed by atoms with Gasteiger partial charge < -0.3 is 8.98 Å². The van der Waals surface area contributed by atoms with E-state index in [2.05, 4.69) is 26.4 Å². The summed E-state index contributed by atoms with van der Waals surface area (Å²) in [7, 11) is 0. The van der Waals surface area contributed by atoms with Crippen LogP contribution in [-0.4, -0.2) is 37.4 Å². The standard InChI is InChI=1S/C17H19N5O3/c1-12-4-6-20(9-15(12)21-7-5-18-11-21)10-17-19-14-8-13(22(23)24)2-3-16(14)25-17/h2-3,5,7-8,11-12,15H,4,6,9-10H2,1H3/t12-,15+/m1/s1. The lowest BCUT2D eigenvalue weighted by Gasteiger charge is -2.37. The summed E-state index contributed by atoms with van der Waals surface area (Å²) in [5.74, 6) is 1.17. The average Bonchev–Trinajstić information content (AvgIpc) is 3.24. The number of nitro benzene ring substituents is 1. The van der Waals surface area contributed by atoms with Crippen LogP contribution in [0.5, 0.6) is 0 Å². The highest BCUT2D eigenvalue weighted by Crippen LogP contribution is 2.29. The third-order valence-corrected chi connectivity index (χ3v) is 4.90. The first-order chi connectivity index (χ1) is 12.1. The van der Waals surface area contributed by atoms with Crippen LogP contribution in [0.1, 0.15) is 25.3 Å². The van der Waals surface area contributed by atoms with Gasteiger partial charge in [-0.05, 0) is 24.9 Å². The summed E-state index contributed by atoms with van der Waals surface area (Å²) in [6.07, 6.45) is 6.76. The molecular formula is C17H19N5O3. The lowest BCUT2D eigenvalue weighted by atomic mass is 9.93. The van der Waals surface area contributed by atoms with Gasteiger partial charge in [-0.1, -0.05) is 6.92 Å². The van der Waals surface area contributed by atoms with Crippen LogP contribution in [-0.2, 0) is 6.54 Å². The summed E-state index contributed by atoms with van der Waals surface area (Å²) < 4.78 is 7.92. The Labute approximate surface area is 144 Å². The highest BCUT2D eigenvalue weighted by Gasteiger charge is 2.28. The second-order valence-corrected chi connectivity index (χ2v) is 6.60. The van der Waals surface area contributed by atoms with E-state index in [1.807, 2.05) is 12.5 Å². The molecule has 25 heavy (non-hydrogen) atoms. The first-order valence-electron chi connectivity index (χ1n) is 8.34. The van der Waals surface area contributed by atoms with Crippen LogP contribution in [0.15, 0.2) is 41.3 Å². The largest absolute Gasteiger partial charge is 0.439 e. The van der Waals surface area contributed by atoms with E-state index in [0.717, 1.165) is 19.5 Å². The first kappa shape index (κ1) is 15.8. The van der Waals surface area contributed by atoms with Gasteiger partial charge in [-0.2, -0.15) is 0 Å². The Morgan fingerprint density at radius 3 is 3.08 bits per heavy atom. The molecule has 2 aromatic heterocycles. The van der Waals surface area contributed by atoms with Gasteiger partial charge in [-0.25, -0.2) is 9.97 Å². The molecule has 8 heteroatoms. The normalized spacial score (nSPS) is 21.6. The predicted molar refractivity (Wildman–Crippen MR) is 91.0 cm³/mol. The van der Waals surface area contributed by atoms with Gasteiger partial charge in [0.25, 0.3) is 5.69 Å². The summed E-state index contributed by atoms with van der Waals surface area (Å²) in [4.78, 5) is 21.3. The van der Waals surface area contributed by atoms with Crippen molar-refractivity contribution >= 4 is 16.8 Å². The number of aromatic nitrogens is 3. The van der Waals surface area contributed by atoms with E-state index in [0.29, 0.717) is 35.5 Å². The Hall–Kier alpha value is -2.74. The van der Waals surface area contributed by atoms with Crippen LogP contribution in [0.2, 0.25) is 0 Å². The van der Waals surface area contributed by atoms with Crippen molar-refractivity contribution in [1.29, 1.82) is 0 Å². The molecule has 1 saturated heterocycles. The fourth-order valence-corrected chi connectivity index (χ4v) is 3.45. The summed E-state index contributed by atoms with van der Waals surface area (Å²) in [5.41, 5.74) is 1.14. The Morgan fingerprint density at radius 1 is 1.44 bits per heavy atom. The minimum absolute atomic E-state index is 0.0271. The van der Waals surface area contributed by atoms with Crippen LogP contribution >= 0.6 is 0 Å². The van der Waals surface area contributed by atoms with Crippen LogP contribution in [0, 0.1) is 16.0 Å². The Balaban J connectivity index is 1.51. The average molecular weight is 341 g/mol. The monoisotopic (exact) mass is 341 g/mol. The van der Waals surface area contributed by atoms with E-state index in [1.165, 1.54) is 12.1 Å². The van der Waals surface area contributed by atoms with Crippen molar-refractivity contribution in [3.8, 4) is 0 Å². The van der Waals surface area contributed by atoms with Crippen molar-refractivity contribution < 1.29 is 9.34 Å². The molecule has 0 bridgehead atoms. The van der Waals surface area contributed by atoms with E-state index in [-0.39, 0.29) is 5.69 Å². The molecule has 130 valence electrons. The van der Waals surface area contributed by atoms with E-state index in [9.17, 15) is 10.1 Å². The first-order valence-corrected chi connectivity index (χ1v) is 8.34. The van der Waals surface area contributed by atoms with Gasteiger partial charge in [-0.3, -0.25) is 15.0 Å². The van der Waals surface area contributed by atoms with Crippen molar-refractivity contribution in [2.45, 2.75) is 25.9 Å². The van der Waals surface area contributed by atoms with Crippen molar-refractivity contribution in [3.63, 3.8) is 0 Å². The molecule has 4 rings (SSSR count). The van der Waals surface area contributed by atoms with Gasteiger partial charge >= 0.3 is 0 Å². The molecule has 0 amide bonds. The Morgan fingerprint density at radius 2 is 2.32 bits per heavy atom. The fraction of sp³-hybridized carbons (Fsp3) is 0.412. The number of hydrogen-bond donors (Lipinski definition) is 0. The van der Waals surface area contributed by atoms with Crippen LogP contribution in [0.25, 0.3) is 11.1 Å². The number of nitrogens with zero attached hydrogens (tertiary/aromatic N) is 5. The lowest BCUT2D eigenvalue weighted by Crippen LogP contribution is -2.40. The topological polar surface area (TPSA) is 90.2 Å². The maximum Gasteiger partial charge on any atom is 0.271 e. The van der Waals surface area contributed by atoms with Gasteiger partial charge in [0.05, 0.1) is 17.8 Å². The maximum absolute atomic E-state index is 10.9. The second kappa shape index (κ2) is 6.29. The molecule has 3 heterocycles. The summed E-state index contributed by atoms with van der Waals surface area (Å²) in [5, 5.41) is 10.9. The van der Waals surface area contributed by atoms with Crippen LogP contribution in [0.3, 0.4) is 0 Å². The SMILES string of the molecule is C[C@@H]1CCN(Cc2nc3cc([N+](=O)[O-])ccc3o2)C[C@@H]1n1ccnc1. The van der Waals surface area contributed by atoms with Gasteiger partial charge in [0.15, 0.2) is 5.58 Å². The fourth-order valence-electron chi connectivity index (χ4n) is 3.45. The zero-order valence-electron chi connectivity index (χ0n) is 13.9. The van der Waals surface area contributed by atoms with Gasteiger partial charge in [0.2, 0.25) is 5.89 Å². The molecule has 0 aliphatic carbocycles. The van der Waals surface area contributed by atoms with E-state index >= 15 is 0 Å². The number of oxazole rings is 1. The van der Waals surface area contributed by atoms with Gasteiger partial charge in [-0.15, -0.1) is 0 Å². The number of imidazole rings is 1. The van der Waals surface area contributed by atoms with E-state index < -0.39 is 4.92 Å². The third kappa shape index (κ3) is 3.12. The number of hydrogen-bond acceptors (Lipinski definition) is 6. The Bertz CT molecular complexity index is 889. The van der Waals surface area contributed by atoms with Crippen molar-refractivity contribution in [1.82, 2.24) is 19.4 Å². The summed E-state index contributed by atoms with van der Waals surface area (Å²) in [6.45, 7) is 4.74.